The van der Waals surface area contributed by atoms with E-state index in [1.54, 1.807) is 0 Å². The van der Waals surface area contributed by atoms with Gasteiger partial charge >= 0.3 is 0 Å². The molecule has 0 N–H and O–H groups in total. The highest BCUT2D eigenvalue weighted by molar-refractivity contribution is 5.80. The fraction of sp³-hybridized carbons (Fsp3) is 0.0667. The van der Waals surface area contributed by atoms with Crippen LogP contribution in [0.2, 0.25) is 0 Å². The molecule has 3 heteroatoms. The number of para-hydroxylation sites is 2. The average molecular weight is 234 g/mol. The Hall–Kier alpha value is -2.60. The normalized spacial score (nSPS) is 10.4. The average Bonchev–Trinajstić information content (AvgIpc) is 2.77. The van der Waals surface area contributed by atoms with E-state index in [0.29, 0.717) is 5.56 Å². The predicted molar refractivity (Wildman–Crippen MR) is 69.2 cm³/mol. The SMILES string of the molecule is C[n+]1cn(-c2ccccc2)c2c(C#N)cccc21. The number of aromatic nitrogens is 2. The van der Waals surface area contributed by atoms with Gasteiger partial charge in [0.15, 0.2) is 11.0 Å². The van der Waals surface area contributed by atoms with Gasteiger partial charge in [-0.25, -0.2) is 4.57 Å². The Kier molecular flexibility index (Phi) is 2.35. The van der Waals surface area contributed by atoms with Crippen LogP contribution in [0.4, 0.5) is 0 Å². The molecule has 3 nitrogen and oxygen atoms in total. The molecule has 0 bridgehead atoms. The maximum atomic E-state index is 9.24. The van der Waals surface area contributed by atoms with E-state index >= 15 is 0 Å². The first-order valence-electron chi connectivity index (χ1n) is 5.76. The van der Waals surface area contributed by atoms with Gasteiger partial charge in [-0.2, -0.15) is 9.83 Å². The lowest BCUT2D eigenvalue weighted by Gasteiger charge is -1.97. The molecule has 0 unspecified atom stereocenters. The molecule has 0 saturated carbocycles. The van der Waals surface area contributed by atoms with Crippen molar-refractivity contribution in [2.45, 2.75) is 0 Å². The van der Waals surface area contributed by atoms with Gasteiger partial charge in [-0.05, 0) is 24.3 Å². The molecule has 1 heterocycles. The van der Waals surface area contributed by atoms with Crippen LogP contribution in [0.3, 0.4) is 0 Å². The zero-order valence-electron chi connectivity index (χ0n) is 10.0. The second-order valence-electron chi connectivity index (χ2n) is 4.22. The maximum absolute atomic E-state index is 9.24. The standard InChI is InChI=1S/C15H12N3/c1-17-11-18(13-7-3-2-4-8-13)15-12(10-16)6-5-9-14(15)17/h2-9,11H,1H3/q+1. The second-order valence-corrected chi connectivity index (χ2v) is 4.22. The third-order valence-corrected chi connectivity index (χ3v) is 3.08. The monoisotopic (exact) mass is 234 g/mol. The molecule has 86 valence electrons. The Morgan fingerprint density at radius 2 is 1.83 bits per heavy atom. The molecule has 0 radical (unpaired) electrons. The summed E-state index contributed by atoms with van der Waals surface area (Å²) in [5, 5.41) is 9.24. The van der Waals surface area contributed by atoms with E-state index in [1.807, 2.05) is 71.0 Å². The molecule has 0 aliphatic carbocycles. The van der Waals surface area contributed by atoms with Crippen LogP contribution in [0.1, 0.15) is 5.56 Å². The van der Waals surface area contributed by atoms with E-state index in [-0.39, 0.29) is 0 Å². The summed E-state index contributed by atoms with van der Waals surface area (Å²) in [6, 6.07) is 18.1. The number of rotatable bonds is 1. The summed E-state index contributed by atoms with van der Waals surface area (Å²) in [6.07, 6.45) is 2.00. The van der Waals surface area contributed by atoms with Crippen molar-refractivity contribution < 1.29 is 4.57 Å². The summed E-state index contributed by atoms with van der Waals surface area (Å²) >= 11 is 0. The van der Waals surface area contributed by atoms with E-state index in [1.165, 1.54) is 0 Å². The topological polar surface area (TPSA) is 32.6 Å². The Labute approximate surface area is 105 Å². The fourth-order valence-electron chi connectivity index (χ4n) is 2.24. The Bertz CT molecular complexity index is 748. The number of hydrogen-bond donors (Lipinski definition) is 0. The molecule has 0 fully saturated rings. The summed E-state index contributed by atoms with van der Waals surface area (Å²) in [6.45, 7) is 0. The first-order valence-corrected chi connectivity index (χ1v) is 5.76. The van der Waals surface area contributed by atoms with Crippen LogP contribution in [0.15, 0.2) is 54.9 Å². The summed E-state index contributed by atoms with van der Waals surface area (Å²) in [5.41, 5.74) is 3.76. The minimum atomic E-state index is 0.692. The molecule has 0 atom stereocenters. The molecule has 2 aromatic carbocycles. The fourth-order valence-corrected chi connectivity index (χ4v) is 2.24. The van der Waals surface area contributed by atoms with Crippen molar-refractivity contribution in [2.75, 3.05) is 0 Å². The predicted octanol–water partition coefficient (Wildman–Crippen LogP) is 2.33. The van der Waals surface area contributed by atoms with Crippen LogP contribution < -0.4 is 4.57 Å². The number of nitriles is 1. The molecule has 0 aliphatic heterocycles. The third kappa shape index (κ3) is 1.47. The van der Waals surface area contributed by atoms with Crippen molar-refractivity contribution >= 4 is 11.0 Å². The second kappa shape index (κ2) is 4.01. The Morgan fingerprint density at radius 3 is 2.56 bits per heavy atom. The summed E-state index contributed by atoms with van der Waals surface area (Å²) in [5.74, 6) is 0. The van der Waals surface area contributed by atoms with Gasteiger partial charge in [0.05, 0.1) is 7.05 Å². The van der Waals surface area contributed by atoms with Crippen LogP contribution in [0.25, 0.3) is 16.7 Å². The van der Waals surface area contributed by atoms with Crippen LogP contribution in [0.5, 0.6) is 0 Å². The molecule has 3 rings (SSSR count). The van der Waals surface area contributed by atoms with Crippen LogP contribution in [-0.2, 0) is 7.05 Å². The third-order valence-electron chi connectivity index (χ3n) is 3.08. The number of nitrogens with zero attached hydrogens (tertiary/aromatic N) is 3. The minimum absolute atomic E-state index is 0.692. The van der Waals surface area contributed by atoms with Gasteiger partial charge in [0.1, 0.15) is 17.3 Å². The first-order chi connectivity index (χ1) is 8.81. The highest BCUT2D eigenvalue weighted by atomic mass is 15.1. The van der Waals surface area contributed by atoms with E-state index < -0.39 is 0 Å². The van der Waals surface area contributed by atoms with Gasteiger partial charge in [0.25, 0.3) is 0 Å². The smallest absolute Gasteiger partial charge is 0.232 e. The molecule has 1 aromatic heterocycles. The lowest BCUT2D eigenvalue weighted by molar-refractivity contribution is -0.645. The van der Waals surface area contributed by atoms with Crippen LogP contribution in [0, 0.1) is 11.3 Å². The zero-order chi connectivity index (χ0) is 12.5. The molecule has 0 spiro atoms. The maximum Gasteiger partial charge on any atom is 0.249 e. The molecule has 0 saturated heterocycles. The lowest BCUT2D eigenvalue weighted by Crippen LogP contribution is -2.25. The molecular weight excluding hydrogens is 222 g/mol. The molecular formula is C15H12N3+. The number of imidazole rings is 1. The van der Waals surface area contributed by atoms with Crippen molar-refractivity contribution in [1.29, 1.82) is 5.26 Å². The Morgan fingerprint density at radius 1 is 1.06 bits per heavy atom. The van der Waals surface area contributed by atoms with Crippen molar-refractivity contribution in [3.63, 3.8) is 0 Å². The van der Waals surface area contributed by atoms with Gasteiger partial charge < -0.3 is 0 Å². The first kappa shape index (κ1) is 10.5. The van der Waals surface area contributed by atoms with E-state index in [9.17, 15) is 5.26 Å². The number of aryl methyl sites for hydroxylation is 1. The number of hydrogen-bond acceptors (Lipinski definition) is 1. The van der Waals surface area contributed by atoms with E-state index in [2.05, 4.69) is 6.07 Å². The van der Waals surface area contributed by atoms with Crippen molar-refractivity contribution in [3.05, 3.63) is 60.4 Å². The van der Waals surface area contributed by atoms with Gasteiger partial charge in [-0.15, -0.1) is 0 Å². The van der Waals surface area contributed by atoms with Crippen molar-refractivity contribution in [1.82, 2.24) is 4.57 Å². The molecule has 3 aromatic rings. The lowest BCUT2D eigenvalue weighted by atomic mass is 10.2. The van der Waals surface area contributed by atoms with E-state index in [0.717, 1.165) is 16.7 Å². The highest BCUT2D eigenvalue weighted by Crippen LogP contribution is 2.19. The van der Waals surface area contributed by atoms with Gasteiger partial charge in [0, 0.05) is 0 Å². The Balaban J connectivity index is 2.41. The summed E-state index contributed by atoms with van der Waals surface area (Å²) < 4.78 is 4.08. The number of benzene rings is 2. The van der Waals surface area contributed by atoms with Crippen LogP contribution in [-0.4, -0.2) is 4.57 Å². The van der Waals surface area contributed by atoms with E-state index in [4.69, 9.17) is 0 Å². The molecule has 18 heavy (non-hydrogen) atoms. The summed E-state index contributed by atoms with van der Waals surface area (Å²) in [7, 11) is 1.99. The van der Waals surface area contributed by atoms with Gasteiger partial charge in [0.2, 0.25) is 6.33 Å². The zero-order valence-corrected chi connectivity index (χ0v) is 10.0. The van der Waals surface area contributed by atoms with Crippen LogP contribution >= 0.6 is 0 Å². The quantitative estimate of drug-likeness (QED) is 0.595. The summed E-state index contributed by atoms with van der Waals surface area (Å²) in [4.78, 5) is 0. The number of fused-ring (bicyclic) bond motifs is 1. The van der Waals surface area contributed by atoms with Gasteiger partial charge in [-0.1, -0.05) is 24.3 Å². The van der Waals surface area contributed by atoms with Gasteiger partial charge in [-0.3, -0.25) is 0 Å². The highest BCUT2D eigenvalue weighted by Gasteiger charge is 2.18. The van der Waals surface area contributed by atoms with Crippen molar-refractivity contribution in [2.24, 2.45) is 7.05 Å². The molecule has 0 aliphatic rings. The molecule has 0 amide bonds. The van der Waals surface area contributed by atoms with Crippen molar-refractivity contribution in [3.8, 4) is 11.8 Å². The largest absolute Gasteiger partial charge is 0.249 e. The minimum Gasteiger partial charge on any atom is -0.232 e.